The van der Waals surface area contributed by atoms with Crippen molar-refractivity contribution >= 4 is 17.5 Å². The number of rotatable bonds is 8. The van der Waals surface area contributed by atoms with E-state index in [0.29, 0.717) is 0 Å². The Morgan fingerprint density at radius 1 is 1.09 bits per heavy atom. The number of ether oxygens (including phenoxy) is 1. The molecule has 2 nitrogen and oxygen atoms in total. The standard InChI is InChI=1S/C19H22O2S/c1-15-6-5-7-18(14-15)21-12-3-4-13-22-19-10-8-17(9-11-19)16(2)20/h5-11,14H,3-4,12-13H2,1-2H3. The number of benzene rings is 2. The molecule has 0 aliphatic heterocycles. The fourth-order valence-electron chi connectivity index (χ4n) is 2.08. The molecule has 0 atom stereocenters. The summed E-state index contributed by atoms with van der Waals surface area (Å²) in [5.74, 6) is 2.13. The molecular formula is C19H22O2S. The molecule has 116 valence electrons. The number of carbonyl (C=O) groups excluding carboxylic acids is 1. The van der Waals surface area contributed by atoms with Crippen LogP contribution in [0, 0.1) is 6.92 Å². The molecule has 0 saturated heterocycles. The Hall–Kier alpha value is -1.74. The van der Waals surface area contributed by atoms with Crippen molar-refractivity contribution < 1.29 is 9.53 Å². The van der Waals surface area contributed by atoms with Gasteiger partial charge in [0.05, 0.1) is 6.61 Å². The molecule has 3 heteroatoms. The Kier molecular flexibility index (Phi) is 6.53. The molecule has 0 radical (unpaired) electrons. The maximum Gasteiger partial charge on any atom is 0.159 e. The van der Waals surface area contributed by atoms with Gasteiger partial charge in [0.2, 0.25) is 0 Å². The van der Waals surface area contributed by atoms with Gasteiger partial charge in [-0.15, -0.1) is 11.8 Å². The highest BCUT2D eigenvalue weighted by Gasteiger charge is 2.00. The molecule has 0 fully saturated rings. The molecule has 0 unspecified atom stereocenters. The summed E-state index contributed by atoms with van der Waals surface area (Å²) in [6.07, 6.45) is 2.16. The van der Waals surface area contributed by atoms with Crippen LogP contribution in [0.5, 0.6) is 5.75 Å². The number of Topliss-reactive ketones (excluding diaryl/α,β-unsaturated/α-hetero) is 1. The third-order valence-electron chi connectivity index (χ3n) is 3.33. The van der Waals surface area contributed by atoms with Crippen molar-refractivity contribution in [3.05, 3.63) is 59.7 Å². The van der Waals surface area contributed by atoms with Crippen LogP contribution in [0.2, 0.25) is 0 Å². The predicted octanol–water partition coefficient (Wildman–Crippen LogP) is 5.15. The van der Waals surface area contributed by atoms with E-state index in [1.165, 1.54) is 10.5 Å². The number of ketones is 1. The molecule has 0 saturated carbocycles. The van der Waals surface area contributed by atoms with Crippen molar-refractivity contribution in [3.63, 3.8) is 0 Å². The lowest BCUT2D eigenvalue weighted by atomic mass is 10.2. The highest BCUT2D eigenvalue weighted by molar-refractivity contribution is 7.99. The van der Waals surface area contributed by atoms with Gasteiger partial charge in [-0.1, -0.05) is 24.3 Å². The molecule has 0 bridgehead atoms. The predicted molar refractivity (Wildman–Crippen MR) is 93.1 cm³/mol. The summed E-state index contributed by atoms with van der Waals surface area (Å²) in [6.45, 7) is 4.42. The van der Waals surface area contributed by atoms with Gasteiger partial charge in [-0.2, -0.15) is 0 Å². The second-order valence-electron chi connectivity index (χ2n) is 5.30. The largest absolute Gasteiger partial charge is 0.494 e. The molecule has 0 spiro atoms. The Balaban J connectivity index is 1.62. The van der Waals surface area contributed by atoms with Crippen LogP contribution in [-0.2, 0) is 0 Å². The van der Waals surface area contributed by atoms with Gasteiger partial charge in [0, 0.05) is 10.5 Å². The van der Waals surface area contributed by atoms with Gasteiger partial charge >= 0.3 is 0 Å². The van der Waals surface area contributed by atoms with Gasteiger partial charge in [0.15, 0.2) is 5.78 Å². The number of carbonyl (C=O) groups is 1. The number of hydrogen-bond acceptors (Lipinski definition) is 3. The second kappa shape index (κ2) is 8.64. The lowest BCUT2D eigenvalue weighted by molar-refractivity contribution is 0.101. The van der Waals surface area contributed by atoms with E-state index < -0.39 is 0 Å². The molecule has 22 heavy (non-hydrogen) atoms. The topological polar surface area (TPSA) is 26.3 Å². The lowest BCUT2D eigenvalue weighted by Gasteiger charge is -2.07. The highest BCUT2D eigenvalue weighted by Crippen LogP contribution is 2.20. The molecule has 0 aliphatic carbocycles. The Labute approximate surface area is 136 Å². The molecule has 0 N–H and O–H groups in total. The fourth-order valence-corrected chi connectivity index (χ4v) is 2.99. The van der Waals surface area contributed by atoms with E-state index >= 15 is 0 Å². The monoisotopic (exact) mass is 314 g/mol. The fraction of sp³-hybridized carbons (Fsp3) is 0.316. The summed E-state index contributed by atoms with van der Waals surface area (Å²) in [5, 5.41) is 0. The first-order valence-electron chi connectivity index (χ1n) is 7.58. The summed E-state index contributed by atoms with van der Waals surface area (Å²) in [7, 11) is 0. The van der Waals surface area contributed by atoms with E-state index in [9.17, 15) is 4.79 Å². The molecule has 0 amide bonds. The number of thioether (sulfide) groups is 1. The average Bonchev–Trinajstić information content (AvgIpc) is 2.51. The lowest BCUT2D eigenvalue weighted by Crippen LogP contribution is -1.98. The zero-order valence-corrected chi connectivity index (χ0v) is 14.0. The van der Waals surface area contributed by atoms with Crippen molar-refractivity contribution in [2.75, 3.05) is 12.4 Å². The molecule has 0 aromatic heterocycles. The first kappa shape index (κ1) is 16.6. The van der Waals surface area contributed by atoms with Crippen molar-refractivity contribution in [1.29, 1.82) is 0 Å². The van der Waals surface area contributed by atoms with E-state index in [4.69, 9.17) is 4.74 Å². The third-order valence-corrected chi connectivity index (χ3v) is 4.42. The summed E-state index contributed by atoms with van der Waals surface area (Å²) in [4.78, 5) is 12.4. The zero-order valence-electron chi connectivity index (χ0n) is 13.2. The van der Waals surface area contributed by atoms with Crippen LogP contribution >= 0.6 is 11.8 Å². The first-order chi connectivity index (χ1) is 10.6. The van der Waals surface area contributed by atoms with Crippen LogP contribution in [0.3, 0.4) is 0 Å². The maximum absolute atomic E-state index is 11.2. The van der Waals surface area contributed by atoms with Crippen molar-refractivity contribution in [2.24, 2.45) is 0 Å². The minimum absolute atomic E-state index is 0.116. The van der Waals surface area contributed by atoms with Gasteiger partial charge in [-0.3, -0.25) is 4.79 Å². The van der Waals surface area contributed by atoms with Gasteiger partial charge in [-0.05, 0) is 62.3 Å². The quantitative estimate of drug-likeness (QED) is 0.383. The average molecular weight is 314 g/mol. The van der Waals surface area contributed by atoms with Gasteiger partial charge < -0.3 is 4.74 Å². The highest BCUT2D eigenvalue weighted by atomic mass is 32.2. The van der Waals surface area contributed by atoms with Gasteiger partial charge in [0.25, 0.3) is 0 Å². The Morgan fingerprint density at radius 2 is 1.86 bits per heavy atom. The third kappa shape index (κ3) is 5.57. The summed E-state index contributed by atoms with van der Waals surface area (Å²) < 4.78 is 5.73. The molecule has 2 aromatic carbocycles. The number of hydrogen-bond donors (Lipinski definition) is 0. The van der Waals surface area contributed by atoms with E-state index in [0.717, 1.165) is 36.5 Å². The van der Waals surface area contributed by atoms with Crippen LogP contribution in [-0.4, -0.2) is 18.1 Å². The Morgan fingerprint density at radius 3 is 2.55 bits per heavy atom. The van der Waals surface area contributed by atoms with E-state index in [1.54, 1.807) is 6.92 Å². The minimum Gasteiger partial charge on any atom is -0.494 e. The summed E-state index contributed by atoms with van der Waals surface area (Å²) >= 11 is 1.82. The first-order valence-corrected chi connectivity index (χ1v) is 8.57. The van der Waals surface area contributed by atoms with E-state index in [1.807, 2.05) is 48.2 Å². The summed E-state index contributed by atoms with van der Waals surface area (Å²) in [6, 6.07) is 16.0. The van der Waals surface area contributed by atoms with Crippen molar-refractivity contribution in [3.8, 4) is 5.75 Å². The molecule has 0 heterocycles. The minimum atomic E-state index is 0.116. The van der Waals surface area contributed by atoms with Crippen molar-refractivity contribution in [2.45, 2.75) is 31.6 Å². The Bertz CT molecular complexity index is 605. The maximum atomic E-state index is 11.2. The van der Waals surface area contributed by atoms with E-state index in [2.05, 4.69) is 19.1 Å². The smallest absolute Gasteiger partial charge is 0.159 e. The van der Waals surface area contributed by atoms with Crippen LogP contribution in [0.1, 0.15) is 35.7 Å². The second-order valence-corrected chi connectivity index (χ2v) is 6.47. The van der Waals surface area contributed by atoms with Gasteiger partial charge in [0.1, 0.15) is 5.75 Å². The zero-order chi connectivity index (χ0) is 15.8. The molecule has 2 aromatic rings. The number of aryl methyl sites for hydroxylation is 1. The SMILES string of the molecule is CC(=O)c1ccc(SCCCCOc2cccc(C)c2)cc1. The number of unbranched alkanes of at least 4 members (excludes halogenated alkanes) is 1. The molecule has 0 aliphatic rings. The van der Waals surface area contributed by atoms with Gasteiger partial charge in [-0.25, -0.2) is 0 Å². The molecular weight excluding hydrogens is 292 g/mol. The molecule has 2 rings (SSSR count). The van der Waals surface area contributed by atoms with Crippen LogP contribution in [0.15, 0.2) is 53.4 Å². The normalized spacial score (nSPS) is 10.5. The van der Waals surface area contributed by atoms with Crippen LogP contribution in [0.4, 0.5) is 0 Å². The summed E-state index contributed by atoms with van der Waals surface area (Å²) in [5.41, 5.74) is 2.00. The van der Waals surface area contributed by atoms with Crippen LogP contribution < -0.4 is 4.74 Å². The van der Waals surface area contributed by atoms with Crippen LogP contribution in [0.25, 0.3) is 0 Å². The van der Waals surface area contributed by atoms with E-state index in [-0.39, 0.29) is 5.78 Å². The van der Waals surface area contributed by atoms with Crippen molar-refractivity contribution in [1.82, 2.24) is 0 Å².